The van der Waals surface area contributed by atoms with Gasteiger partial charge in [-0.2, -0.15) is 4.68 Å². The van der Waals surface area contributed by atoms with Gasteiger partial charge in [-0.1, -0.05) is 18.5 Å². The van der Waals surface area contributed by atoms with Crippen molar-refractivity contribution in [2.24, 2.45) is 5.92 Å². The highest BCUT2D eigenvalue weighted by molar-refractivity contribution is 6.31. The second-order valence-corrected chi connectivity index (χ2v) is 6.79. The summed E-state index contributed by atoms with van der Waals surface area (Å²) in [6, 6.07) is 5.86. The number of benzene rings is 1. The summed E-state index contributed by atoms with van der Waals surface area (Å²) >= 11 is 5.97. The Kier molecular flexibility index (Phi) is 4.08. The van der Waals surface area contributed by atoms with Crippen LogP contribution in [0.15, 0.2) is 35.4 Å². The Morgan fingerprint density at radius 2 is 2.19 bits per heavy atom. The van der Waals surface area contributed by atoms with Crippen LogP contribution >= 0.6 is 11.6 Å². The average Bonchev–Trinajstić information content (AvgIpc) is 3.24. The maximum Gasteiger partial charge on any atom is 0.251 e. The molecular weight excluding hydrogens is 361 g/mol. The summed E-state index contributed by atoms with van der Waals surface area (Å²) in [6.07, 6.45) is 1.97. The quantitative estimate of drug-likeness (QED) is 0.756. The average molecular weight is 376 g/mol. The number of hydrogen-bond donors (Lipinski definition) is 1. The van der Waals surface area contributed by atoms with Gasteiger partial charge in [0.25, 0.3) is 5.56 Å². The molecule has 0 amide bonds. The molecule has 3 aromatic rings. The molecule has 2 aromatic heterocycles. The second kappa shape index (κ2) is 6.30. The van der Waals surface area contributed by atoms with Crippen molar-refractivity contribution in [1.82, 2.24) is 24.8 Å². The van der Waals surface area contributed by atoms with Gasteiger partial charge >= 0.3 is 0 Å². The van der Waals surface area contributed by atoms with Crippen molar-refractivity contribution in [3.8, 4) is 16.8 Å². The summed E-state index contributed by atoms with van der Waals surface area (Å²) in [5.41, 5.74) is 1.40. The molecule has 2 atom stereocenters. The van der Waals surface area contributed by atoms with E-state index in [0.29, 0.717) is 17.7 Å². The Balaban J connectivity index is 1.96. The smallest absolute Gasteiger partial charge is 0.251 e. The minimum atomic E-state index is -0.645. The van der Waals surface area contributed by atoms with Gasteiger partial charge in [0.1, 0.15) is 6.33 Å². The van der Waals surface area contributed by atoms with E-state index in [0.717, 1.165) is 5.69 Å². The Morgan fingerprint density at radius 1 is 1.38 bits per heavy atom. The number of rotatable bonds is 3. The number of aliphatic hydroxyl groups is 1. The van der Waals surface area contributed by atoms with Crippen LogP contribution < -0.4 is 5.56 Å². The van der Waals surface area contributed by atoms with Crippen molar-refractivity contribution >= 4 is 11.6 Å². The van der Waals surface area contributed by atoms with Crippen LogP contribution in [0.2, 0.25) is 5.02 Å². The van der Waals surface area contributed by atoms with Gasteiger partial charge in [-0.3, -0.25) is 4.79 Å². The first-order valence-corrected chi connectivity index (χ1v) is 8.47. The number of pyridine rings is 1. The molecule has 1 aliphatic rings. The van der Waals surface area contributed by atoms with E-state index in [1.165, 1.54) is 23.1 Å². The van der Waals surface area contributed by atoms with Gasteiger partial charge in [-0.05, 0) is 46.5 Å². The summed E-state index contributed by atoms with van der Waals surface area (Å²) in [6.45, 7) is 1.86. The number of halogens is 2. The predicted octanol–water partition coefficient (Wildman–Crippen LogP) is 2.01. The Labute approximate surface area is 152 Å². The van der Waals surface area contributed by atoms with Crippen LogP contribution in [0.5, 0.6) is 0 Å². The molecule has 26 heavy (non-hydrogen) atoms. The lowest BCUT2D eigenvalue weighted by atomic mass is 10.0. The number of hydrogen-bond acceptors (Lipinski definition) is 5. The number of nitrogens with zero attached hydrogens (tertiary/aromatic N) is 5. The van der Waals surface area contributed by atoms with Crippen molar-refractivity contribution in [2.75, 3.05) is 6.61 Å². The molecule has 0 bridgehead atoms. The zero-order valence-corrected chi connectivity index (χ0v) is 14.6. The highest BCUT2D eigenvalue weighted by atomic mass is 35.5. The van der Waals surface area contributed by atoms with Gasteiger partial charge in [-0.15, -0.1) is 5.10 Å². The van der Waals surface area contributed by atoms with Crippen LogP contribution in [0.4, 0.5) is 4.39 Å². The lowest BCUT2D eigenvalue weighted by Gasteiger charge is -2.16. The summed E-state index contributed by atoms with van der Waals surface area (Å²) in [5, 5.41) is 20.5. The number of fused-ring (bicyclic) bond motifs is 1. The third kappa shape index (κ3) is 2.53. The van der Waals surface area contributed by atoms with Gasteiger partial charge in [0.05, 0.1) is 23.4 Å². The topological polar surface area (TPSA) is 85.8 Å². The third-order valence-electron chi connectivity index (χ3n) is 4.81. The molecule has 0 unspecified atom stereocenters. The van der Waals surface area contributed by atoms with Gasteiger partial charge in [0.15, 0.2) is 5.82 Å². The molecule has 1 N–H and O–H groups in total. The monoisotopic (exact) mass is 375 g/mol. The number of aromatic nitrogens is 5. The van der Waals surface area contributed by atoms with E-state index in [9.17, 15) is 14.3 Å². The highest BCUT2D eigenvalue weighted by Gasteiger charge is 2.30. The second-order valence-electron chi connectivity index (χ2n) is 6.38. The molecule has 4 rings (SSSR count). The molecule has 9 heteroatoms. The van der Waals surface area contributed by atoms with Crippen LogP contribution in [0, 0.1) is 11.7 Å². The molecule has 7 nitrogen and oxygen atoms in total. The molecular formula is C17H15ClFN5O2. The standard InChI is InChI=1S/C17H15ClFN5O2/c1-9-4-11-5-10(6-15(26)24(11)14(9)7-25)16-13(23-8-20-21-22-23)3-2-12(18)17(16)19/h2-3,5-6,8-9,14,25H,4,7H2,1H3/t9-,14+/m0/s1. The van der Waals surface area contributed by atoms with E-state index in [2.05, 4.69) is 15.5 Å². The molecule has 0 spiro atoms. The summed E-state index contributed by atoms with van der Waals surface area (Å²) in [4.78, 5) is 12.7. The van der Waals surface area contributed by atoms with Gasteiger partial charge in [0, 0.05) is 17.3 Å². The van der Waals surface area contributed by atoms with Crippen LogP contribution in [-0.4, -0.2) is 36.5 Å². The Bertz CT molecular complexity index is 1030. The first-order chi connectivity index (χ1) is 12.5. The Hall–Kier alpha value is -2.58. The minimum Gasteiger partial charge on any atom is -0.394 e. The fraction of sp³-hybridized carbons (Fsp3) is 0.294. The maximum absolute atomic E-state index is 14.9. The van der Waals surface area contributed by atoms with Crippen LogP contribution in [0.25, 0.3) is 16.8 Å². The summed E-state index contributed by atoms with van der Waals surface area (Å²) in [5.74, 6) is -0.528. The highest BCUT2D eigenvalue weighted by Crippen LogP contribution is 2.36. The fourth-order valence-electron chi connectivity index (χ4n) is 3.57. The SMILES string of the molecule is C[C@H]1Cc2cc(-c3c(-n4cnnn4)ccc(Cl)c3F)cc(=O)n2[C@@H]1CO. The fourth-order valence-corrected chi connectivity index (χ4v) is 3.73. The first-order valence-electron chi connectivity index (χ1n) is 8.09. The lowest BCUT2D eigenvalue weighted by molar-refractivity contribution is 0.202. The van der Waals surface area contributed by atoms with Crippen LogP contribution in [-0.2, 0) is 6.42 Å². The first kappa shape index (κ1) is 16.9. The molecule has 0 radical (unpaired) electrons. The van der Waals surface area contributed by atoms with Gasteiger partial charge in [-0.25, -0.2) is 4.39 Å². The third-order valence-corrected chi connectivity index (χ3v) is 5.10. The molecule has 0 saturated heterocycles. The van der Waals surface area contributed by atoms with E-state index < -0.39 is 5.82 Å². The summed E-state index contributed by atoms with van der Waals surface area (Å²) in [7, 11) is 0. The van der Waals surface area contributed by atoms with Crippen molar-refractivity contribution in [3.05, 3.63) is 57.5 Å². The number of aliphatic hydroxyl groups excluding tert-OH is 1. The molecule has 0 aliphatic carbocycles. The van der Waals surface area contributed by atoms with E-state index in [-0.39, 0.29) is 34.7 Å². The van der Waals surface area contributed by atoms with Crippen molar-refractivity contribution in [1.29, 1.82) is 0 Å². The molecule has 3 heterocycles. The largest absolute Gasteiger partial charge is 0.394 e. The summed E-state index contributed by atoms with van der Waals surface area (Å²) < 4.78 is 17.8. The molecule has 0 fully saturated rings. The lowest BCUT2D eigenvalue weighted by Crippen LogP contribution is -2.26. The Morgan fingerprint density at radius 3 is 2.88 bits per heavy atom. The zero-order chi connectivity index (χ0) is 18.4. The molecule has 1 aromatic carbocycles. The van der Waals surface area contributed by atoms with Crippen LogP contribution in [0.1, 0.15) is 18.7 Å². The van der Waals surface area contributed by atoms with E-state index in [1.807, 2.05) is 6.92 Å². The van der Waals surface area contributed by atoms with E-state index in [1.54, 1.807) is 16.7 Å². The minimum absolute atomic E-state index is 0.0565. The van der Waals surface area contributed by atoms with E-state index in [4.69, 9.17) is 11.6 Å². The van der Waals surface area contributed by atoms with Gasteiger partial charge in [0.2, 0.25) is 0 Å². The van der Waals surface area contributed by atoms with E-state index >= 15 is 0 Å². The van der Waals surface area contributed by atoms with Gasteiger partial charge < -0.3 is 9.67 Å². The molecule has 1 aliphatic heterocycles. The predicted molar refractivity (Wildman–Crippen MR) is 92.8 cm³/mol. The normalized spacial score (nSPS) is 18.9. The molecule has 134 valence electrons. The van der Waals surface area contributed by atoms with Crippen molar-refractivity contribution in [3.63, 3.8) is 0 Å². The zero-order valence-electron chi connectivity index (χ0n) is 13.8. The van der Waals surface area contributed by atoms with Crippen LogP contribution in [0.3, 0.4) is 0 Å². The molecule has 0 saturated carbocycles. The maximum atomic E-state index is 14.9. The number of tetrazole rings is 1. The van der Waals surface area contributed by atoms with Crippen molar-refractivity contribution in [2.45, 2.75) is 19.4 Å². The van der Waals surface area contributed by atoms with Crippen molar-refractivity contribution < 1.29 is 9.50 Å².